The third kappa shape index (κ3) is 4.58. The van der Waals surface area contributed by atoms with Crippen LogP contribution in [0.2, 0.25) is 0 Å². The largest absolute Gasteiger partial charge is 0.496 e. The van der Waals surface area contributed by atoms with Crippen LogP contribution in [0.4, 0.5) is 0 Å². The second-order valence-electron chi connectivity index (χ2n) is 8.47. The molecule has 4 rings (SSSR count). The fourth-order valence-electron chi connectivity index (χ4n) is 3.93. The SMILES string of the molecule is COc1ccc(C)cc1-c1nn(CC(C)C)cc1C(=O)NC[C@H]1Cc2ccccc2O1. The monoisotopic (exact) mass is 419 g/mol. The van der Waals surface area contributed by atoms with E-state index < -0.39 is 0 Å². The molecule has 1 amide bonds. The molecule has 0 bridgehead atoms. The van der Waals surface area contributed by atoms with Gasteiger partial charge in [-0.15, -0.1) is 0 Å². The van der Waals surface area contributed by atoms with Crippen LogP contribution >= 0.6 is 0 Å². The highest BCUT2D eigenvalue weighted by Gasteiger charge is 2.25. The molecule has 0 unspecified atom stereocenters. The lowest BCUT2D eigenvalue weighted by atomic mass is 10.0. The van der Waals surface area contributed by atoms with E-state index in [1.54, 1.807) is 7.11 Å². The number of carbonyl (C=O) groups is 1. The highest BCUT2D eigenvalue weighted by Crippen LogP contribution is 2.33. The quantitative estimate of drug-likeness (QED) is 0.622. The van der Waals surface area contributed by atoms with Crippen LogP contribution in [0.25, 0.3) is 11.3 Å². The number of methoxy groups -OCH3 is 1. The van der Waals surface area contributed by atoms with Gasteiger partial charge < -0.3 is 14.8 Å². The molecular weight excluding hydrogens is 390 g/mol. The summed E-state index contributed by atoms with van der Waals surface area (Å²) < 4.78 is 13.4. The van der Waals surface area contributed by atoms with E-state index in [2.05, 4.69) is 25.2 Å². The Morgan fingerprint density at radius 1 is 1.29 bits per heavy atom. The first-order chi connectivity index (χ1) is 14.9. The van der Waals surface area contributed by atoms with Gasteiger partial charge in [-0.3, -0.25) is 9.48 Å². The van der Waals surface area contributed by atoms with Crippen molar-refractivity contribution in [1.29, 1.82) is 0 Å². The first-order valence-corrected chi connectivity index (χ1v) is 10.7. The smallest absolute Gasteiger partial charge is 0.255 e. The molecule has 31 heavy (non-hydrogen) atoms. The molecule has 2 aromatic carbocycles. The van der Waals surface area contributed by atoms with Crippen molar-refractivity contribution in [3.63, 3.8) is 0 Å². The number of ether oxygens (including phenoxy) is 2. The molecule has 162 valence electrons. The minimum absolute atomic E-state index is 0.0657. The van der Waals surface area contributed by atoms with Crippen molar-refractivity contribution < 1.29 is 14.3 Å². The second-order valence-corrected chi connectivity index (χ2v) is 8.47. The molecule has 0 fully saturated rings. The van der Waals surface area contributed by atoms with Crippen LogP contribution in [0.5, 0.6) is 11.5 Å². The van der Waals surface area contributed by atoms with Crippen molar-refractivity contribution in [2.24, 2.45) is 5.92 Å². The maximum atomic E-state index is 13.2. The van der Waals surface area contributed by atoms with Crippen LogP contribution in [0, 0.1) is 12.8 Å². The van der Waals surface area contributed by atoms with Crippen molar-refractivity contribution in [3.05, 3.63) is 65.4 Å². The molecule has 0 spiro atoms. The van der Waals surface area contributed by atoms with Crippen LogP contribution in [0.1, 0.15) is 35.3 Å². The van der Waals surface area contributed by atoms with Crippen LogP contribution in [-0.2, 0) is 13.0 Å². The van der Waals surface area contributed by atoms with E-state index in [1.165, 1.54) is 5.56 Å². The number of rotatable bonds is 7. The number of nitrogens with zero attached hydrogens (tertiary/aromatic N) is 2. The molecule has 0 saturated carbocycles. The maximum absolute atomic E-state index is 13.2. The molecule has 1 aromatic heterocycles. The van der Waals surface area contributed by atoms with Crippen molar-refractivity contribution in [2.45, 2.75) is 39.8 Å². The number of aryl methyl sites for hydroxylation is 1. The molecule has 0 radical (unpaired) electrons. The molecule has 2 heterocycles. The lowest BCUT2D eigenvalue weighted by Gasteiger charge is -2.13. The van der Waals surface area contributed by atoms with Crippen molar-refractivity contribution >= 4 is 5.91 Å². The van der Waals surface area contributed by atoms with Gasteiger partial charge in [-0.25, -0.2) is 0 Å². The van der Waals surface area contributed by atoms with E-state index in [9.17, 15) is 4.79 Å². The Morgan fingerprint density at radius 2 is 2.10 bits per heavy atom. The Kier molecular flexibility index (Phi) is 5.98. The van der Waals surface area contributed by atoms with Gasteiger partial charge in [0.05, 0.1) is 19.2 Å². The van der Waals surface area contributed by atoms with Gasteiger partial charge >= 0.3 is 0 Å². The number of benzene rings is 2. The number of aromatic nitrogens is 2. The summed E-state index contributed by atoms with van der Waals surface area (Å²) in [6.45, 7) is 7.44. The molecule has 1 N–H and O–H groups in total. The summed E-state index contributed by atoms with van der Waals surface area (Å²) in [7, 11) is 1.63. The fraction of sp³-hybridized carbons (Fsp3) is 0.360. The van der Waals surface area contributed by atoms with Gasteiger partial charge in [0.15, 0.2) is 0 Å². The van der Waals surface area contributed by atoms with Gasteiger partial charge in [0.25, 0.3) is 5.91 Å². The summed E-state index contributed by atoms with van der Waals surface area (Å²) in [6.07, 6.45) is 2.56. The van der Waals surface area contributed by atoms with E-state index in [1.807, 2.05) is 54.2 Å². The Hall–Kier alpha value is -3.28. The highest BCUT2D eigenvalue weighted by atomic mass is 16.5. The Bertz CT molecular complexity index is 1060. The van der Waals surface area contributed by atoms with Crippen molar-refractivity contribution in [1.82, 2.24) is 15.1 Å². The summed E-state index contributed by atoms with van der Waals surface area (Å²) >= 11 is 0. The Morgan fingerprint density at radius 3 is 2.84 bits per heavy atom. The number of hydrogen-bond acceptors (Lipinski definition) is 4. The zero-order valence-electron chi connectivity index (χ0n) is 18.5. The van der Waals surface area contributed by atoms with E-state index in [4.69, 9.17) is 14.6 Å². The zero-order valence-corrected chi connectivity index (χ0v) is 18.5. The molecule has 6 nitrogen and oxygen atoms in total. The van der Waals surface area contributed by atoms with Crippen molar-refractivity contribution in [3.8, 4) is 22.8 Å². The van der Waals surface area contributed by atoms with Crippen LogP contribution in [0.15, 0.2) is 48.7 Å². The number of para-hydroxylation sites is 1. The van der Waals surface area contributed by atoms with E-state index in [0.717, 1.165) is 29.8 Å². The average Bonchev–Trinajstić information content (AvgIpc) is 3.35. The lowest BCUT2D eigenvalue weighted by molar-refractivity contribution is 0.0934. The van der Waals surface area contributed by atoms with Gasteiger partial charge in [-0.2, -0.15) is 5.10 Å². The number of carbonyl (C=O) groups excluding carboxylic acids is 1. The number of amides is 1. The topological polar surface area (TPSA) is 65.4 Å². The van der Waals surface area contributed by atoms with Crippen molar-refractivity contribution in [2.75, 3.05) is 13.7 Å². The molecular formula is C25H29N3O3. The number of fused-ring (bicyclic) bond motifs is 1. The molecule has 6 heteroatoms. The van der Waals surface area contributed by atoms with E-state index in [0.29, 0.717) is 29.5 Å². The lowest BCUT2D eigenvalue weighted by Crippen LogP contribution is -2.34. The number of hydrogen-bond donors (Lipinski definition) is 1. The van der Waals surface area contributed by atoms with Gasteiger partial charge in [-0.05, 0) is 36.6 Å². The predicted octanol–water partition coefficient (Wildman–Crippen LogP) is 4.26. The van der Waals surface area contributed by atoms with Crippen LogP contribution in [0.3, 0.4) is 0 Å². The second kappa shape index (κ2) is 8.84. The maximum Gasteiger partial charge on any atom is 0.255 e. The summed E-state index contributed by atoms with van der Waals surface area (Å²) in [5.74, 6) is 1.85. The fourth-order valence-corrected chi connectivity index (χ4v) is 3.93. The zero-order chi connectivity index (χ0) is 22.0. The summed E-state index contributed by atoms with van der Waals surface area (Å²) in [5.41, 5.74) is 4.25. The molecule has 3 aromatic rings. The highest BCUT2D eigenvalue weighted by molar-refractivity contribution is 6.00. The Balaban J connectivity index is 1.57. The molecule has 1 aliphatic heterocycles. The minimum atomic E-state index is -0.159. The van der Waals surface area contributed by atoms with Gasteiger partial charge in [0, 0.05) is 24.7 Å². The molecule has 1 atom stereocenters. The summed E-state index contributed by atoms with van der Waals surface area (Å²) in [6, 6.07) is 13.9. The standard InChI is InChI=1S/C25H29N3O3/c1-16(2)14-28-15-21(24(27-28)20-11-17(3)9-10-23(20)30-4)25(29)26-13-19-12-18-7-5-6-8-22(18)31-19/h5-11,15-16,19H,12-14H2,1-4H3,(H,26,29)/t19-/m1/s1. The Labute approximate surface area is 183 Å². The first kappa shape index (κ1) is 21.0. The van der Waals surface area contributed by atoms with Crippen LogP contribution < -0.4 is 14.8 Å². The van der Waals surface area contributed by atoms with E-state index >= 15 is 0 Å². The molecule has 0 aliphatic carbocycles. The van der Waals surface area contributed by atoms with Crippen LogP contribution in [-0.4, -0.2) is 35.4 Å². The molecule has 1 aliphatic rings. The predicted molar refractivity (Wildman–Crippen MR) is 121 cm³/mol. The third-order valence-corrected chi connectivity index (χ3v) is 5.37. The minimum Gasteiger partial charge on any atom is -0.496 e. The third-order valence-electron chi connectivity index (χ3n) is 5.37. The van der Waals surface area contributed by atoms with Gasteiger partial charge in [0.2, 0.25) is 0 Å². The van der Waals surface area contributed by atoms with E-state index in [-0.39, 0.29) is 12.0 Å². The summed E-state index contributed by atoms with van der Waals surface area (Å²) in [5, 5.41) is 7.79. The average molecular weight is 420 g/mol. The summed E-state index contributed by atoms with van der Waals surface area (Å²) in [4.78, 5) is 13.2. The van der Waals surface area contributed by atoms with Gasteiger partial charge in [-0.1, -0.05) is 43.7 Å². The normalized spacial score (nSPS) is 14.9. The molecule has 0 saturated heterocycles. The van der Waals surface area contributed by atoms with Gasteiger partial charge in [0.1, 0.15) is 23.3 Å². The number of nitrogens with one attached hydrogen (secondary N) is 1. The first-order valence-electron chi connectivity index (χ1n) is 10.7.